The lowest BCUT2D eigenvalue weighted by Gasteiger charge is -2.33. The number of aryl methyl sites for hydroxylation is 1. The van der Waals surface area contributed by atoms with Gasteiger partial charge in [0.15, 0.2) is 5.78 Å². The first kappa shape index (κ1) is 72.5. The van der Waals surface area contributed by atoms with Gasteiger partial charge in [0.2, 0.25) is 35.4 Å². The van der Waals surface area contributed by atoms with Crippen molar-refractivity contribution in [1.29, 1.82) is 0 Å². The Balaban J connectivity index is 0.696. The van der Waals surface area contributed by atoms with Crippen LogP contribution < -0.4 is 42.5 Å². The predicted molar refractivity (Wildman–Crippen MR) is 375 cm³/mol. The van der Waals surface area contributed by atoms with Crippen LogP contribution in [0.3, 0.4) is 0 Å². The number of carbonyl (C=O) groups is 7. The highest BCUT2D eigenvalue weighted by atomic mass is 16.2. The summed E-state index contributed by atoms with van der Waals surface area (Å²) < 4.78 is 0. The minimum atomic E-state index is -0.832. The summed E-state index contributed by atoms with van der Waals surface area (Å²) in [6, 6.07) is 35.4. The van der Waals surface area contributed by atoms with E-state index >= 15 is 0 Å². The van der Waals surface area contributed by atoms with E-state index < -0.39 is 36.3 Å². The molecule has 0 unspecified atom stereocenters. The zero-order chi connectivity index (χ0) is 66.9. The Kier molecular flexibility index (Phi) is 28.7. The lowest BCUT2D eigenvalue weighted by molar-refractivity contribution is -0.144. The molecule has 1 saturated carbocycles. The Morgan fingerprint density at radius 3 is 1.66 bits per heavy atom. The van der Waals surface area contributed by atoms with E-state index in [-0.39, 0.29) is 71.3 Å². The summed E-state index contributed by atoms with van der Waals surface area (Å²) in [7, 11) is 3.58. The molecule has 1 aliphatic carbocycles. The highest BCUT2D eigenvalue weighted by Gasteiger charge is 2.49. The van der Waals surface area contributed by atoms with Crippen molar-refractivity contribution < 1.29 is 33.6 Å². The molecule has 4 heterocycles. The second kappa shape index (κ2) is 37.6. The van der Waals surface area contributed by atoms with Gasteiger partial charge in [0.05, 0.1) is 18.1 Å². The molecule has 17 heteroatoms. The van der Waals surface area contributed by atoms with Crippen molar-refractivity contribution in [3.05, 3.63) is 144 Å². The zero-order valence-corrected chi connectivity index (χ0v) is 57.4. The number of likely N-dealkylation sites (N-methyl/N-ethyl adjacent to an activating group) is 2. The Bertz CT molecular complexity index is 3020. The summed E-state index contributed by atoms with van der Waals surface area (Å²) in [5.74, 6) is 0.315. The van der Waals surface area contributed by atoms with Crippen molar-refractivity contribution in [3.8, 4) is 0 Å². The molecule has 95 heavy (non-hydrogen) atoms. The number of benzene rings is 4. The van der Waals surface area contributed by atoms with E-state index in [1.54, 1.807) is 11.9 Å². The van der Waals surface area contributed by atoms with Gasteiger partial charge in [-0.1, -0.05) is 193 Å². The SMILES string of the molecule is CC[C@H](NC)C(=O)N[C@@H]1C(=O)N2[C@@H](CC[C@@H]1CNCc1ccccc1)CC[C@H]2C(=O)N[C@H](C(=O)CCCCCC1CCC(CCCCNC(=O)[C@@H](NC(=O)[C@@H]2CC[C@@H]3CC[C@H](CCCc4ccccc4)[C@H](NC(=O)[C@H](CC)NC)CN32)c2ccccc2)CC1)c1ccccc1. The van der Waals surface area contributed by atoms with Gasteiger partial charge in [0.1, 0.15) is 24.2 Å². The number of ketones is 1. The van der Waals surface area contributed by atoms with E-state index in [1.807, 2.05) is 106 Å². The smallest absolute Gasteiger partial charge is 0.247 e. The minimum absolute atomic E-state index is 0.00799. The molecule has 0 bridgehead atoms. The van der Waals surface area contributed by atoms with E-state index in [2.05, 4.69) is 83.8 Å². The van der Waals surface area contributed by atoms with Gasteiger partial charge in [-0.05, 0) is 150 Å². The van der Waals surface area contributed by atoms with Gasteiger partial charge in [0.25, 0.3) is 0 Å². The van der Waals surface area contributed by atoms with Gasteiger partial charge in [0, 0.05) is 56.6 Å². The Labute approximate surface area is 566 Å². The highest BCUT2D eigenvalue weighted by Crippen LogP contribution is 2.38. The third kappa shape index (κ3) is 20.6. The quantitative estimate of drug-likeness (QED) is 0.0203. The Morgan fingerprint density at radius 2 is 1.03 bits per heavy atom. The third-order valence-corrected chi connectivity index (χ3v) is 22.0. The first-order valence-electron chi connectivity index (χ1n) is 36.7. The van der Waals surface area contributed by atoms with E-state index in [0.717, 1.165) is 107 Å². The van der Waals surface area contributed by atoms with Crippen LogP contribution in [-0.2, 0) is 46.5 Å². The summed E-state index contributed by atoms with van der Waals surface area (Å²) in [6.45, 7) is 6.26. The zero-order valence-electron chi connectivity index (χ0n) is 57.4. The maximum atomic E-state index is 14.8. The summed E-state index contributed by atoms with van der Waals surface area (Å²) in [4.78, 5) is 104. The maximum Gasteiger partial charge on any atom is 0.247 e. The molecule has 4 aromatic carbocycles. The van der Waals surface area contributed by atoms with Gasteiger partial charge in [-0.15, -0.1) is 0 Å². The molecule has 12 atom stereocenters. The molecule has 4 aliphatic heterocycles. The van der Waals surface area contributed by atoms with Crippen LogP contribution in [-0.4, -0.2) is 133 Å². The minimum Gasteiger partial charge on any atom is -0.354 e. The molecule has 4 saturated heterocycles. The Morgan fingerprint density at radius 1 is 0.505 bits per heavy atom. The van der Waals surface area contributed by atoms with Gasteiger partial charge in [-0.25, -0.2) is 0 Å². The molecule has 0 aromatic heterocycles. The molecule has 516 valence electrons. The molecule has 5 fully saturated rings. The summed E-state index contributed by atoms with van der Waals surface area (Å²) in [5, 5.41) is 25.9. The number of hydrogen-bond donors (Lipinski definition) is 8. The molecule has 5 aliphatic rings. The average molecular weight is 1300 g/mol. The first-order chi connectivity index (χ1) is 46.3. The number of Topliss-reactive ketones (excluding diaryl/α,β-unsaturated/α-hetero) is 1. The molecule has 9 rings (SSSR count). The van der Waals surface area contributed by atoms with Crippen LogP contribution in [0.1, 0.15) is 202 Å². The van der Waals surface area contributed by atoms with Crippen molar-refractivity contribution in [2.24, 2.45) is 23.7 Å². The lowest BCUT2D eigenvalue weighted by Crippen LogP contribution is -2.59. The summed E-state index contributed by atoms with van der Waals surface area (Å²) >= 11 is 0. The van der Waals surface area contributed by atoms with E-state index in [0.29, 0.717) is 88.9 Å². The summed E-state index contributed by atoms with van der Waals surface area (Å²) in [5.41, 5.74) is 3.94. The monoisotopic (exact) mass is 1300 g/mol. The van der Waals surface area contributed by atoms with E-state index in [4.69, 9.17) is 0 Å². The summed E-state index contributed by atoms with van der Waals surface area (Å²) in [6.07, 6.45) is 22.5. The van der Waals surface area contributed by atoms with Crippen molar-refractivity contribution >= 4 is 41.2 Å². The fraction of sp³-hybridized carbons (Fsp3) is 0.603. The number of nitrogens with one attached hydrogen (secondary N) is 8. The number of rotatable bonds is 35. The van der Waals surface area contributed by atoms with Crippen LogP contribution in [0.25, 0.3) is 0 Å². The molecule has 4 aromatic rings. The molecule has 0 spiro atoms. The fourth-order valence-electron chi connectivity index (χ4n) is 16.3. The number of nitrogens with zero attached hydrogens (tertiary/aromatic N) is 2. The first-order valence-corrected chi connectivity index (χ1v) is 36.7. The van der Waals surface area contributed by atoms with Gasteiger partial charge in [-0.3, -0.25) is 38.5 Å². The average Bonchev–Trinajstić information content (AvgIpc) is 1.65. The fourth-order valence-corrected chi connectivity index (χ4v) is 16.3. The number of hydrogen-bond acceptors (Lipinski definition) is 11. The normalized spacial score (nSPS) is 24.9. The van der Waals surface area contributed by atoms with Gasteiger partial charge in [-0.2, -0.15) is 0 Å². The molecular formula is C78H112N10O7. The highest BCUT2D eigenvalue weighted by molar-refractivity contribution is 5.96. The number of carbonyl (C=O) groups excluding carboxylic acids is 7. The maximum absolute atomic E-state index is 14.8. The molecular weight excluding hydrogens is 1190 g/mol. The van der Waals surface area contributed by atoms with Crippen LogP contribution >= 0.6 is 0 Å². The number of unbranched alkanes of at least 4 members (excludes halogenated alkanes) is 3. The van der Waals surface area contributed by atoms with Crippen molar-refractivity contribution in [1.82, 2.24) is 52.3 Å². The Hall–Kier alpha value is -6.79. The van der Waals surface area contributed by atoms with Crippen LogP contribution in [0.2, 0.25) is 0 Å². The number of amides is 6. The topological polar surface area (TPSA) is 222 Å². The second-order valence-electron chi connectivity index (χ2n) is 28.1. The van der Waals surface area contributed by atoms with Crippen LogP contribution in [0.5, 0.6) is 0 Å². The van der Waals surface area contributed by atoms with Crippen molar-refractivity contribution in [2.45, 2.75) is 241 Å². The third-order valence-electron chi connectivity index (χ3n) is 22.0. The van der Waals surface area contributed by atoms with Gasteiger partial charge < -0.3 is 47.4 Å². The lowest BCUT2D eigenvalue weighted by atomic mass is 9.78. The van der Waals surface area contributed by atoms with Gasteiger partial charge >= 0.3 is 0 Å². The van der Waals surface area contributed by atoms with Crippen molar-refractivity contribution in [3.63, 3.8) is 0 Å². The van der Waals surface area contributed by atoms with Crippen LogP contribution in [0.4, 0.5) is 0 Å². The molecule has 0 radical (unpaired) electrons. The standard InChI is InChI=1S/C78H112N10O7/c1-5-64(79-3)73(90)83-66-53-87-62(44-42-58(66)36-24-31-54-25-12-7-13-26-54)46-48-67(87)75(92)85-71(60-34-19-11-20-35-60)77(94)82-50-23-22-28-56-40-38-55(39-41-56)27-14-9-21-37-69(89)70(59-32-17-10-18-33-59)84-76(93)68-49-47-63-45-43-61(52-81-51-57-29-15-8-16-30-57)72(78(95)88(63)68)86-74(91)65(6-2)80-4/h7-8,10-13,15-20,25-26,29-30,32-35,55-56,58,61-68,70-72,79-81H,5-6,9,14,21-24,27-28,31,36-53H2,1-4H3,(H,82,94)(H,83,90)(H,84,93)(H,85,92)(H,86,91)/t55?,56?,58-,61+,62-,63-,64-,65-,66+,67-,68-,70-,71-,72-/m0/s1. The molecule has 6 amide bonds. The van der Waals surface area contributed by atoms with Crippen LogP contribution in [0, 0.1) is 23.7 Å². The molecule has 8 N–H and O–H groups in total. The number of fused-ring (bicyclic) bond motifs is 2. The van der Waals surface area contributed by atoms with E-state index in [1.165, 1.54) is 31.2 Å². The predicted octanol–water partition coefficient (Wildman–Crippen LogP) is 10.1. The second-order valence-corrected chi connectivity index (χ2v) is 28.1. The van der Waals surface area contributed by atoms with E-state index in [9.17, 15) is 33.6 Å². The molecule has 17 nitrogen and oxygen atoms in total. The van der Waals surface area contributed by atoms with Crippen LogP contribution in [0.15, 0.2) is 121 Å². The van der Waals surface area contributed by atoms with Crippen molar-refractivity contribution in [2.75, 3.05) is 33.7 Å². The largest absolute Gasteiger partial charge is 0.354 e.